The molecule has 126 valence electrons. The zero-order chi connectivity index (χ0) is 16.2. The summed E-state index contributed by atoms with van der Waals surface area (Å²) in [6, 6.07) is 6.69. The molecule has 0 unspecified atom stereocenters. The van der Waals surface area contributed by atoms with Gasteiger partial charge in [0, 0.05) is 24.7 Å². The highest BCUT2D eigenvalue weighted by Crippen LogP contribution is 2.38. The topological polar surface area (TPSA) is 42.5 Å². The lowest BCUT2D eigenvalue weighted by atomic mass is 9.79. The van der Waals surface area contributed by atoms with Crippen molar-refractivity contribution < 1.29 is 9.47 Å². The smallest absolute Gasteiger partial charge is 0.161 e. The Hall–Kier alpha value is -1.68. The number of nitrogens with one attached hydrogen (secondary N) is 2. The van der Waals surface area contributed by atoms with Crippen LogP contribution in [0.3, 0.4) is 0 Å². The molecule has 3 rings (SSSR count). The second-order valence-corrected chi connectivity index (χ2v) is 6.63. The van der Waals surface area contributed by atoms with Gasteiger partial charge in [-0.05, 0) is 43.9 Å². The second-order valence-electron chi connectivity index (χ2n) is 6.63. The molecule has 0 amide bonds. The minimum absolute atomic E-state index is 0.289. The van der Waals surface area contributed by atoms with Crippen molar-refractivity contribution in [3.8, 4) is 11.5 Å². The highest BCUT2D eigenvalue weighted by molar-refractivity contribution is 5.42. The van der Waals surface area contributed by atoms with Gasteiger partial charge in [0.25, 0.3) is 0 Å². The van der Waals surface area contributed by atoms with E-state index in [1.165, 1.54) is 11.3 Å². The zero-order valence-corrected chi connectivity index (χ0v) is 14.4. The normalized spacial score (nSPS) is 24.6. The zero-order valence-electron chi connectivity index (χ0n) is 14.4. The van der Waals surface area contributed by atoms with Crippen LogP contribution in [0.4, 0.5) is 0 Å². The van der Waals surface area contributed by atoms with Gasteiger partial charge in [-0.2, -0.15) is 0 Å². The third-order valence-corrected chi connectivity index (χ3v) is 4.72. The van der Waals surface area contributed by atoms with Gasteiger partial charge in [0.2, 0.25) is 0 Å². The summed E-state index contributed by atoms with van der Waals surface area (Å²) in [6.07, 6.45) is 5.87. The SMILES string of the molecule is CC/C=C(/NC1CNC1)C1CC(Oc2cc(C)ccc2OC)C1. The van der Waals surface area contributed by atoms with Gasteiger partial charge in [0.1, 0.15) is 6.10 Å². The van der Waals surface area contributed by atoms with E-state index in [4.69, 9.17) is 9.47 Å². The van der Waals surface area contributed by atoms with E-state index in [1.807, 2.05) is 12.1 Å². The molecule has 4 nitrogen and oxygen atoms in total. The third-order valence-electron chi connectivity index (χ3n) is 4.72. The Morgan fingerprint density at radius 2 is 2.09 bits per heavy atom. The van der Waals surface area contributed by atoms with Crippen LogP contribution in [0.25, 0.3) is 0 Å². The molecule has 0 aromatic heterocycles. The molecule has 1 saturated carbocycles. The molecule has 0 bridgehead atoms. The molecule has 0 radical (unpaired) electrons. The molecule has 2 fully saturated rings. The first-order valence-corrected chi connectivity index (χ1v) is 8.68. The number of aryl methyl sites for hydroxylation is 1. The molecule has 2 aliphatic rings. The molecular formula is C19H28N2O2. The highest BCUT2D eigenvalue weighted by atomic mass is 16.5. The van der Waals surface area contributed by atoms with Crippen LogP contribution in [0.5, 0.6) is 11.5 Å². The van der Waals surface area contributed by atoms with Gasteiger partial charge < -0.3 is 20.1 Å². The molecule has 1 aromatic carbocycles. The van der Waals surface area contributed by atoms with Crippen LogP contribution in [-0.2, 0) is 0 Å². The number of methoxy groups -OCH3 is 1. The van der Waals surface area contributed by atoms with Gasteiger partial charge in [0.05, 0.1) is 13.2 Å². The fourth-order valence-corrected chi connectivity index (χ4v) is 3.16. The first-order chi connectivity index (χ1) is 11.2. The average molecular weight is 316 g/mol. The Balaban J connectivity index is 1.55. The maximum absolute atomic E-state index is 6.16. The van der Waals surface area contributed by atoms with Crippen LogP contribution in [0.2, 0.25) is 0 Å². The Kier molecular flexibility index (Phi) is 5.11. The Bertz CT molecular complexity index is 560. The summed E-state index contributed by atoms with van der Waals surface area (Å²) in [7, 11) is 1.69. The van der Waals surface area contributed by atoms with Gasteiger partial charge >= 0.3 is 0 Å². The molecule has 0 spiro atoms. The van der Waals surface area contributed by atoms with Crippen molar-refractivity contribution in [2.24, 2.45) is 5.92 Å². The first-order valence-electron chi connectivity index (χ1n) is 8.68. The van der Waals surface area contributed by atoms with E-state index in [0.717, 1.165) is 43.9 Å². The van der Waals surface area contributed by atoms with Crippen molar-refractivity contribution in [3.63, 3.8) is 0 Å². The van der Waals surface area contributed by atoms with Crippen LogP contribution < -0.4 is 20.1 Å². The van der Waals surface area contributed by atoms with Crippen LogP contribution in [0.1, 0.15) is 31.7 Å². The highest BCUT2D eigenvalue weighted by Gasteiger charge is 2.35. The molecule has 0 atom stereocenters. The van der Waals surface area contributed by atoms with Gasteiger partial charge in [-0.15, -0.1) is 0 Å². The maximum atomic E-state index is 6.16. The lowest BCUT2D eigenvalue weighted by Crippen LogP contribution is -2.56. The van der Waals surface area contributed by atoms with Crippen molar-refractivity contribution in [1.29, 1.82) is 0 Å². The van der Waals surface area contributed by atoms with E-state index in [0.29, 0.717) is 12.0 Å². The van der Waals surface area contributed by atoms with Crippen LogP contribution >= 0.6 is 0 Å². The van der Waals surface area contributed by atoms with Gasteiger partial charge in [0.15, 0.2) is 11.5 Å². The van der Waals surface area contributed by atoms with E-state index in [-0.39, 0.29) is 6.10 Å². The number of allylic oxidation sites excluding steroid dienone is 2. The Morgan fingerprint density at radius 3 is 2.70 bits per heavy atom. The largest absolute Gasteiger partial charge is 0.493 e. The van der Waals surface area contributed by atoms with Crippen LogP contribution in [0, 0.1) is 12.8 Å². The summed E-state index contributed by atoms with van der Waals surface area (Å²) in [5.41, 5.74) is 2.61. The predicted molar refractivity (Wildman–Crippen MR) is 93.0 cm³/mol. The minimum atomic E-state index is 0.289. The van der Waals surface area contributed by atoms with Gasteiger partial charge in [-0.1, -0.05) is 19.1 Å². The third kappa shape index (κ3) is 3.81. The van der Waals surface area contributed by atoms with Gasteiger partial charge in [-0.3, -0.25) is 0 Å². The summed E-state index contributed by atoms with van der Waals surface area (Å²) in [5.74, 6) is 2.30. The lowest BCUT2D eigenvalue weighted by Gasteiger charge is -2.40. The molecule has 2 N–H and O–H groups in total. The molecule has 1 aliphatic carbocycles. The van der Waals surface area contributed by atoms with E-state index in [9.17, 15) is 0 Å². The fraction of sp³-hybridized carbons (Fsp3) is 0.579. The summed E-state index contributed by atoms with van der Waals surface area (Å²) in [6.45, 7) is 6.43. The lowest BCUT2D eigenvalue weighted by molar-refractivity contribution is 0.0737. The van der Waals surface area contributed by atoms with Crippen molar-refractivity contribution in [3.05, 3.63) is 35.5 Å². The van der Waals surface area contributed by atoms with Crippen LogP contribution in [-0.4, -0.2) is 32.3 Å². The van der Waals surface area contributed by atoms with Crippen molar-refractivity contribution in [2.75, 3.05) is 20.2 Å². The quantitative estimate of drug-likeness (QED) is 0.811. The molecular weight excluding hydrogens is 288 g/mol. The summed E-state index contributed by atoms with van der Waals surface area (Å²) < 4.78 is 11.6. The van der Waals surface area contributed by atoms with E-state index in [1.54, 1.807) is 7.11 Å². The Labute approximate surface area is 139 Å². The number of rotatable bonds is 7. The standard InChI is InChI=1S/C19H28N2O2/c1-4-5-17(21-15-11-20-12-15)14-9-16(10-14)23-19-8-13(2)6-7-18(19)22-3/h5-8,14-16,20-21H,4,9-12H2,1-3H3/b17-5+. The van der Waals surface area contributed by atoms with Gasteiger partial charge in [-0.25, -0.2) is 0 Å². The van der Waals surface area contributed by atoms with E-state index in [2.05, 4.69) is 36.6 Å². The monoisotopic (exact) mass is 316 g/mol. The fourth-order valence-electron chi connectivity index (χ4n) is 3.16. The molecule has 1 saturated heterocycles. The van der Waals surface area contributed by atoms with Crippen LogP contribution in [0.15, 0.2) is 30.0 Å². The number of ether oxygens (including phenoxy) is 2. The molecule has 23 heavy (non-hydrogen) atoms. The Morgan fingerprint density at radius 1 is 1.30 bits per heavy atom. The molecule has 1 heterocycles. The van der Waals surface area contributed by atoms with Crippen molar-refractivity contribution in [2.45, 2.75) is 45.3 Å². The predicted octanol–water partition coefficient (Wildman–Crippen LogP) is 3.02. The maximum Gasteiger partial charge on any atom is 0.161 e. The van der Waals surface area contributed by atoms with E-state index >= 15 is 0 Å². The summed E-state index contributed by atoms with van der Waals surface area (Å²) in [4.78, 5) is 0. The van der Waals surface area contributed by atoms with Crippen molar-refractivity contribution >= 4 is 0 Å². The van der Waals surface area contributed by atoms with E-state index < -0.39 is 0 Å². The molecule has 1 aromatic rings. The number of hydrogen-bond acceptors (Lipinski definition) is 4. The summed E-state index contributed by atoms with van der Waals surface area (Å²) >= 11 is 0. The van der Waals surface area contributed by atoms with Crippen molar-refractivity contribution in [1.82, 2.24) is 10.6 Å². The molecule has 1 aliphatic heterocycles. The molecule has 4 heteroatoms. The number of benzene rings is 1. The second kappa shape index (κ2) is 7.26. The average Bonchev–Trinajstić information content (AvgIpc) is 2.45. The summed E-state index contributed by atoms with van der Waals surface area (Å²) in [5, 5.41) is 7.01. The first kappa shape index (κ1) is 16.2. The minimum Gasteiger partial charge on any atom is -0.493 e. The number of hydrogen-bond donors (Lipinski definition) is 2.